The van der Waals surface area contributed by atoms with E-state index in [-0.39, 0.29) is 12.0 Å². The highest BCUT2D eigenvalue weighted by Crippen LogP contribution is 2.32. The summed E-state index contributed by atoms with van der Waals surface area (Å²) in [5.41, 5.74) is 2.60. The van der Waals surface area contributed by atoms with Crippen LogP contribution in [0, 0.1) is 0 Å². The van der Waals surface area contributed by atoms with Crippen LogP contribution >= 0.6 is 0 Å². The molecule has 0 aromatic heterocycles. The van der Waals surface area contributed by atoms with Gasteiger partial charge in [0, 0.05) is 19.7 Å². The zero-order chi connectivity index (χ0) is 14.5. The molecule has 0 heterocycles. The maximum Gasteiger partial charge on any atom is 0.122 e. The summed E-state index contributed by atoms with van der Waals surface area (Å²) in [5, 5.41) is 8.86. The summed E-state index contributed by atoms with van der Waals surface area (Å²) in [4.78, 5) is 2.23. The molecule has 1 aromatic rings. The Labute approximate surface area is 117 Å². The lowest BCUT2D eigenvalue weighted by Crippen LogP contribution is -2.20. The Morgan fingerprint density at radius 2 is 1.95 bits per heavy atom. The van der Waals surface area contributed by atoms with Crippen LogP contribution in [0.3, 0.4) is 0 Å². The van der Waals surface area contributed by atoms with Crippen LogP contribution in [0.25, 0.3) is 0 Å². The van der Waals surface area contributed by atoms with Crippen molar-refractivity contribution in [2.45, 2.75) is 39.2 Å². The topological polar surface area (TPSA) is 32.7 Å². The molecule has 0 unspecified atom stereocenters. The number of aliphatic hydroxyl groups excluding tert-OH is 1. The minimum atomic E-state index is 0.0744. The van der Waals surface area contributed by atoms with Crippen molar-refractivity contribution in [3.05, 3.63) is 29.3 Å². The molecule has 1 rings (SSSR count). The molecule has 0 amide bonds. The van der Waals surface area contributed by atoms with E-state index in [4.69, 9.17) is 9.84 Å². The fourth-order valence-electron chi connectivity index (χ4n) is 2.17. The number of methoxy groups -OCH3 is 1. The van der Waals surface area contributed by atoms with Crippen LogP contribution in [-0.2, 0) is 12.0 Å². The molecule has 0 atom stereocenters. The first kappa shape index (κ1) is 16.0. The van der Waals surface area contributed by atoms with Crippen molar-refractivity contribution in [1.29, 1.82) is 0 Å². The molecule has 0 radical (unpaired) electrons. The molecule has 1 N–H and O–H groups in total. The van der Waals surface area contributed by atoms with Crippen molar-refractivity contribution in [3.8, 4) is 5.75 Å². The van der Waals surface area contributed by atoms with Crippen molar-refractivity contribution in [1.82, 2.24) is 4.90 Å². The van der Waals surface area contributed by atoms with Gasteiger partial charge in [-0.1, -0.05) is 32.9 Å². The van der Waals surface area contributed by atoms with E-state index in [1.54, 1.807) is 7.11 Å². The van der Waals surface area contributed by atoms with Crippen LogP contribution in [0.2, 0.25) is 0 Å². The third-order valence-corrected chi connectivity index (χ3v) is 3.22. The number of aliphatic hydroxyl groups is 1. The van der Waals surface area contributed by atoms with Gasteiger partial charge in [0.15, 0.2) is 0 Å². The predicted octanol–water partition coefficient (Wildman–Crippen LogP) is 2.81. The van der Waals surface area contributed by atoms with Gasteiger partial charge < -0.3 is 14.7 Å². The molecule has 1 aromatic carbocycles. The number of nitrogens with zero attached hydrogens (tertiary/aromatic N) is 1. The SMILES string of the molecule is COc1ccc(CN(C)CCCO)cc1C(C)(C)C. The summed E-state index contributed by atoms with van der Waals surface area (Å²) < 4.78 is 5.45. The first-order chi connectivity index (χ1) is 8.88. The molecule has 0 aliphatic heterocycles. The average Bonchev–Trinajstić information content (AvgIpc) is 2.35. The fourth-order valence-corrected chi connectivity index (χ4v) is 2.17. The third kappa shape index (κ3) is 4.84. The Balaban J connectivity index is 2.86. The summed E-state index contributed by atoms with van der Waals surface area (Å²) >= 11 is 0. The standard InChI is InChI=1S/C16H27NO2/c1-16(2,3)14-11-13(7-8-15(14)19-5)12-17(4)9-6-10-18/h7-8,11,18H,6,9-10,12H2,1-5H3. The zero-order valence-electron chi connectivity index (χ0n) is 12.9. The van der Waals surface area contributed by atoms with Crippen molar-refractivity contribution >= 4 is 0 Å². The summed E-state index contributed by atoms with van der Waals surface area (Å²) in [5.74, 6) is 0.953. The summed E-state index contributed by atoms with van der Waals surface area (Å²) in [6.45, 7) is 8.65. The van der Waals surface area contributed by atoms with Crippen molar-refractivity contribution in [2.24, 2.45) is 0 Å². The maximum absolute atomic E-state index is 8.86. The lowest BCUT2D eigenvalue weighted by Gasteiger charge is -2.24. The van der Waals surface area contributed by atoms with Crippen LogP contribution < -0.4 is 4.74 Å². The minimum Gasteiger partial charge on any atom is -0.496 e. The highest BCUT2D eigenvalue weighted by atomic mass is 16.5. The van der Waals surface area contributed by atoms with Crippen molar-refractivity contribution < 1.29 is 9.84 Å². The van der Waals surface area contributed by atoms with Gasteiger partial charge in [-0.25, -0.2) is 0 Å². The van der Waals surface area contributed by atoms with E-state index < -0.39 is 0 Å². The molecule has 0 saturated heterocycles. The molecule has 108 valence electrons. The predicted molar refractivity (Wildman–Crippen MR) is 79.7 cm³/mol. The Bertz CT molecular complexity index is 396. The van der Waals surface area contributed by atoms with Crippen molar-refractivity contribution in [2.75, 3.05) is 27.3 Å². The molecule has 0 bridgehead atoms. The number of rotatable bonds is 6. The highest BCUT2D eigenvalue weighted by Gasteiger charge is 2.19. The van der Waals surface area contributed by atoms with Crippen LogP contribution in [0.4, 0.5) is 0 Å². The summed E-state index contributed by atoms with van der Waals surface area (Å²) in [7, 11) is 3.80. The normalized spacial score (nSPS) is 11.9. The van der Waals surface area contributed by atoms with E-state index in [9.17, 15) is 0 Å². The summed E-state index contributed by atoms with van der Waals surface area (Å²) in [6.07, 6.45) is 0.818. The molecule has 0 saturated carbocycles. The first-order valence-electron chi connectivity index (χ1n) is 6.85. The largest absolute Gasteiger partial charge is 0.496 e. The molecule has 0 aliphatic carbocycles. The second-order valence-electron chi connectivity index (χ2n) is 6.10. The van der Waals surface area contributed by atoms with E-state index >= 15 is 0 Å². The first-order valence-corrected chi connectivity index (χ1v) is 6.85. The molecule has 3 nitrogen and oxygen atoms in total. The van der Waals surface area contributed by atoms with E-state index in [2.05, 4.69) is 50.9 Å². The lowest BCUT2D eigenvalue weighted by atomic mass is 9.85. The lowest BCUT2D eigenvalue weighted by molar-refractivity contribution is 0.244. The molecule has 0 aliphatic rings. The van der Waals surface area contributed by atoms with Gasteiger partial charge in [0.1, 0.15) is 5.75 Å². The van der Waals surface area contributed by atoms with Gasteiger partial charge in [0.2, 0.25) is 0 Å². The Morgan fingerprint density at radius 1 is 1.26 bits per heavy atom. The molecular formula is C16H27NO2. The third-order valence-electron chi connectivity index (χ3n) is 3.22. The van der Waals surface area contributed by atoms with E-state index in [1.807, 2.05) is 0 Å². The van der Waals surface area contributed by atoms with Crippen LogP contribution in [0.5, 0.6) is 5.75 Å². The number of hydrogen-bond donors (Lipinski definition) is 1. The molecule has 0 spiro atoms. The fraction of sp³-hybridized carbons (Fsp3) is 0.625. The quantitative estimate of drug-likeness (QED) is 0.858. The average molecular weight is 265 g/mol. The zero-order valence-corrected chi connectivity index (χ0v) is 12.9. The van der Waals surface area contributed by atoms with E-state index in [0.717, 1.165) is 25.3 Å². The second-order valence-corrected chi connectivity index (χ2v) is 6.10. The summed E-state index contributed by atoms with van der Waals surface area (Å²) in [6, 6.07) is 6.40. The Kier molecular flexibility index (Phi) is 5.83. The van der Waals surface area contributed by atoms with Gasteiger partial charge in [0.25, 0.3) is 0 Å². The van der Waals surface area contributed by atoms with E-state index in [1.165, 1.54) is 11.1 Å². The molecule has 19 heavy (non-hydrogen) atoms. The molecule has 0 fully saturated rings. The van der Waals surface area contributed by atoms with Crippen LogP contribution in [-0.4, -0.2) is 37.3 Å². The second kappa shape index (κ2) is 6.92. The van der Waals surface area contributed by atoms with Gasteiger partial charge in [0.05, 0.1) is 7.11 Å². The maximum atomic E-state index is 8.86. The minimum absolute atomic E-state index is 0.0744. The van der Waals surface area contributed by atoms with Gasteiger partial charge in [-0.3, -0.25) is 0 Å². The van der Waals surface area contributed by atoms with Crippen molar-refractivity contribution in [3.63, 3.8) is 0 Å². The van der Waals surface area contributed by atoms with Gasteiger partial charge in [-0.05, 0) is 36.1 Å². The van der Waals surface area contributed by atoms with Gasteiger partial charge in [-0.15, -0.1) is 0 Å². The van der Waals surface area contributed by atoms with Crippen LogP contribution in [0.1, 0.15) is 38.3 Å². The van der Waals surface area contributed by atoms with Gasteiger partial charge in [-0.2, -0.15) is 0 Å². The molecular weight excluding hydrogens is 238 g/mol. The monoisotopic (exact) mass is 265 g/mol. The Hall–Kier alpha value is -1.06. The van der Waals surface area contributed by atoms with Gasteiger partial charge >= 0.3 is 0 Å². The number of ether oxygens (including phenoxy) is 1. The smallest absolute Gasteiger partial charge is 0.122 e. The highest BCUT2D eigenvalue weighted by molar-refractivity contribution is 5.41. The number of benzene rings is 1. The van der Waals surface area contributed by atoms with E-state index in [0.29, 0.717) is 0 Å². The van der Waals surface area contributed by atoms with Crippen LogP contribution in [0.15, 0.2) is 18.2 Å². The number of hydrogen-bond acceptors (Lipinski definition) is 3. The molecule has 3 heteroatoms. The Morgan fingerprint density at radius 3 is 2.47 bits per heavy atom.